The van der Waals surface area contributed by atoms with Crippen LogP contribution in [0.1, 0.15) is 44.2 Å². The molecular weight excluding hydrogens is 454 g/mol. The van der Waals surface area contributed by atoms with E-state index >= 15 is 0 Å². The van der Waals surface area contributed by atoms with E-state index in [1.165, 1.54) is 16.1 Å². The minimum atomic E-state index is -3.54. The Labute approximate surface area is 201 Å². The van der Waals surface area contributed by atoms with Crippen LogP contribution in [-0.4, -0.2) is 56.3 Å². The summed E-state index contributed by atoms with van der Waals surface area (Å²) in [4.78, 5) is 9.15. The van der Waals surface area contributed by atoms with Gasteiger partial charge in [-0.1, -0.05) is 12.1 Å². The van der Waals surface area contributed by atoms with E-state index in [4.69, 9.17) is 15.3 Å². The van der Waals surface area contributed by atoms with Crippen LogP contribution in [0, 0.1) is 5.92 Å². The smallest absolute Gasteiger partial charge is 0.304 e. The lowest BCUT2D eigenvalue weighted by atomic mass is 10.0. The summed E-state index contributed by atoms with van der Waals surface area (Å²) in [6, 6.07) is 9.38. The Balaban J connectivity index is 1.23. The SMILES string of the molecule is CCON=C1CCc2cc(OCC[C@H](C)CCN3CCN(c4ccnc(N)c4)S3(=O)=O)ccc21. The number of hydrogen-bond acceptors (Lipinski definition) is 7. The molecule has 0 bridgehead atoms. The standard InChI is InChI=1S/C24H33N5O4S/c1-3-33-27-23-7-4-19-16-21(5-6-22(19)23)32-15-10-18(2)9-12-28-13-14-29(34(28,30)31)20-8-11-26-24(25)17-20/h5-6,8,11,16-18H,3-4,7,9-10,12-15H2,1-2H3,(H2,25,26)/t18-/m1/s1. The van der Waals surface area contributed by atoms with Crippen molar-refractivity contribution in [2.24, 2.45) is 11.1 Å². The highest BCUT2D eigenvalue weighted by Crippen LogP contribution is 2.28. The third kappa shape index (κ3) is 5.44. The normalized spacial score (nSPS) is 19.4. The number of ether oxygens (including phenoxy) is 1. The van der Waals surface area contributed by atoms with E-state index in [2.05, 4.69) is 29.2 Å². The molecule has 1 aliphatic carbocycles. The van der Waals surface area contributed by atoms with Crippen molar-refractivity contribution in [1.82, 2.24) is 9.29 Å². The summed E-state index contributed by atoms with van der Waals surface area (Å²) in [7, 11) is -3.54. The maximum Gasteiger partial charge on any atom is 0.304 e. The first-order chi connectivity index (χ1) is 16.4. The van der Waals surface area contributed by atoms with Crippen molar-refractivity contribution >= 4 is 27.4 Å². The molecule has 0 unspecified atom stereocenters. The molecule has 2 aliphatic rings. The third-order valence-corrected chi connectivity index (χ3v) is 8.25. The number of nitrogens with zero attached hydrogens (tertiary/aromatic N) is 4. The molecule has 34 heavy (non-hydrogen) atoms. The lowest BCUT2D eigenvalue weighted by Crippen LogP contribution is -2.34. The molecule has 1 saturated heterocycles. The first kappa shape index (κ1) is 24.3. The highest BCUT2D eigenvalue weighted by Gasteiger charge is 2.36. The molecular formula is C24H33N5O4S. The van der Waals surface area contributed by atoms with Crippen molar-refractivity contribution in [3.8, 4) is 5.75 Å². The van der Waals surface area contributed by atoms with E-state index in [1.807, 2.05) is 13.0 Å². The Kier molecular flexibility index (Phi) is 7.57. The Bertz CT molecular complexity index is 1140. The number of anilines is 2. The molecule has 9 nitrogen and oxygen atoms in total. The summed E-state index contributed by atoms with van der Waals surface area (Å²) in [6.07, 6.45) is 4.99. The van der Waals surface area contributed by atoms with Crippen LogP contribution in [0.5, 0.6) is 5.75 Å². The van der Waals surface area contributed by atoms with Crippen LogP contribution in [0.2, 0.25) is 0 Å². The highest BCUT2D eigenvalue weighted by molar-refractivity contribution is 7.90. The number of pyridine rings is 1. The minimum absolute atomic E-state index is 0.308. The van der Waals surface area contributed by atoms with Crippen LogP contribution in [0.4, 0.5) is 11.5 Å². The average Bonchev–Trinajstić information content (AvgIpc) is 3.35. The van der Waals surface area contributed by atoms with Crippen molar-refractivity contribution < 1.29 is 18.0 Å². The van der Waals surface area contributed by atoms with E-state index in [9.17, 15) is 8.42 Å². The molecule has 0 spiro atoms. The zero-order valence-electron chi connectivity index (χ0n) is 19.8. The molecule has 0 saturated carbocycles. The van der Waals surface area contributed by atoms with Crippen molar-refractivity contribution in [2.75, 3.05) is 42.9 Å². The number of hydrogen-bond donors (Lipinski definition) is 1. The van der Waals surface area contributed by atoms with Gasteiger partial charge < -0.3 is 15.3 Å². The molecule has 184 valence electrons. The van der Waals surface area contributed by atoms with Gasteiger partial charge >= 0.3 is 10.2 Å². The van der Waals surface area contributed by atoms with Crippen LogP contribution >= 0.6 is 0 Å². The van der Waals surface area contributed by atoms with Gasteiger partial charge in [0.2, 0.25) is 0 Å². The van der Waals surface area contributed by atoms with E-state index in [1.54, 1.807) is 16.4 Å². The van der Waals surface area contributed by atoms with Crippen molar-refractivity contribution in [2.45, 2.75) is 39.5 Å². The van der Waals surface area contributed by atoms with E-state index in [0.29, 0.717) is 50.3 Å². The van der Waals surface area contributed by atoms with E-state index < -0.39 is 10.2 Å². The Morgan fingerprint density at radius 2 is 2.03 bits per heavy atom. The van der Waals surface area contributed by atoms with Crippen LogP contribution in [0.15, 0.2) is 41.7 Å². The zero-order chi connectivity index (χ0) is 24.1. The van der Waals surface area contributed by atoms with Crippen LogP contribution in [0.3, 0.4) is 0 Å². The van der Waals surface area contributed by atoms with Gasteiger partial charge in [-0.25, -0.2) is 4.98 Å². The molecule has 1 aliphatic heterocycles. The fourth-order valence-electron chi connectivity index (χ4n) is 4.31. The molecule has 0 radical (unpaired) electrons. The number of nitrogens with two attached hydrogens (primary N) is 1. The predicted molar refractivity (Wildman–Crippen MR) is 133 cm³/mol. The first-order valence-electron chi connectivity index (χ1n) is 11.8. The predicted octanol–water partition coefficient (Wildman–Crippen LogP) is 3.21. The monoisotopic (exact) mass is 487 g/mol. The van der Waals surface area contributed by atoms with Gasteiger partial charge in [-0.05, 0) is 68.4 Å². The highest BCUT2D eigenvalue weighted by atomic mass is 32.2. The number of nitrogen functional groups attached to an aromatic ring is 1. The summed E-state index contributed by atoms with van der Waals surface area (Å²) in [6.45, 7) is 6.59. The summed E-state index contributed by atoms with van der Waals surface area (Å²) >= 11 is 0. The molecule has 2 aromatic rings. The van der Waals surface area contributed by atoms with Gasteiger partial charge in [-0.3, -0.25) is 4.31 Å². The zero-order valence-corrected chi connectivity index (χ0v) is 20.6. The average molecular weight is 488 g/mol. The fraction of sp³-hybridized carbons (Fsp3) is 0.500. The fourth-order valence-corrected chi connectivity index (χ4v) is 5.93. The maximum atomic E-state index is 12.9. The number of oxime groups is 1. The topological polar surface area (TPSA) is 110 Å². The molecule has 2 N–H and O–H groups in total. The largest absolute Gasteiger partial charge is 0.494 e. The van der Waals surface area contributed by atoms with Gasteiger partial charge in [0.15, 0.2) is 0 Å². The second-order valence-electron chi connectivity index (χ2n) is 8.72. The Morgan fingerprint density at radius 3 is 2.82 bits per heavy atom. The number of aromatic nitrogens is 1. The molecule has 1 atom stereocenters. The second kappa shape index (κ2) is 10.6. The van der Waals surface area contributed by atoms with Gasteiger partial charge in [0.1, 0.15) is 18.2 Å². The molecule has 4 rings (SSSR count). The first-order valence-corrected chi connectivity index (χ1v) is 13.2. The van der Waals surface area contributed by atoms with Crippen molar-refractivity contribution in [3.63, 3.8) is 0 Å². The van der Waals surface area contributed by atoms with Gasteiger partial charge in [-0.2, -0.15) is 12.7 Å². The van der Waals surface area contributed by atoms with Crippen molar-refractivity contribution in [1.29, 1.82) is 0 Å². The lowest BCUT2D eigenvalue weighted by molar-refractivity contribution is 0.158. The van der Waals surface area contributed by atoms with Gasteiger partial charge in [0, 0.05) is 37.5 Å². The number of rotatable bonds is 10. The van der Waals surface area contributed by atoms with Gasteiger partial charge in [0.05, 0.1) is 18.0 Å². The molecule has 0 amide bonds. The summed E-state index contributed by atoms with van der Waals surface area (Å²) in [5.41, 5.74) is 9.66. The minimum Gasteiger partial charge on any atom is -0.494 e. The molecule has 10 heteroatoms. The van der Waals surface area contributed by atoms with Crippen LogP contribution in [-0.2, 0) is 21.5 Å². The van der Waals surface area contributed by atoms with E-state index in [-0.39, 0.29) is 0 Å². The quantitative estimate of drug-likeness (QED) is 0.515. The summed E-state index contributed by atoms with van der Waals surface area (Å²) in [5.74, 6) is 1.50. The van der Waals surface area contributed by atoms with Crippen LogP contribution < -0.4 is 14.8 Å². The number of fused-ring (bicyclic) bond motifs is 1. The van der Waals surface area contributed by atoms with Crippen molar-refractivity contribution in [3.05, 3.63) is 47.7 Å². The molecule has 1 fully saturated rings. The maximum absolute atomic E-state index is 12.9. The van der Waals surface area contributed by atoms with E-state index in [0.717, 1.165) is 42.7 Å². The Hall–Kier alpha value is -2.85. The lowest BCUT2D eigenvalue weighted by Gasteiger charge is -2.21. The van der Waals surface area contributed by atoms with Gasteiger partial charge in [-0.15, -0.1) is 0 Å². The summed E-state index contributed by atoms with van der Waals surface area (Å²) in [5, 5.41) is 4.20. The molecule has 1 aromatic heterocycles. The summed E-state index contributed by atoms with van der Waals surface area (Å²) < 4.78 is 34.8. The molecule has 1 aromatic carbocycles. The second-order valence-corrected chi connectivity index (χ2v) is 10.6. The number of benzene rings is 1. The van der Waals surface area contributed by atoms with Crippen LogP contribution in [0.25, 0.3) is 0 Å². The molecule has 2 heterocycles. The third-order valence-electron chi connectivity index (χ3n) is 6.28. The Morgan fingerprint density at radius 1 is 1.18 bits per heavy atom. The van der Waals surface area contributed by atoms with Gasteiger partial charge in [0.25, 0.3) is 0 Å². The number of aryl methyl sites for hydroxylation is 1.